The Labute approximate surface area is 112 Å². The van der Waals surface area contributed by atoms with Crippen molar-refractivity contribution in [1.82, 2.24) is 10.3 Å². The summed E-state index contributed by atoms with van der Waals surface area (Å²) >= 11 is 0. The maximum absolute atomic E-state index is 13.6. The topological polar surface area (TPSA) is 45.2 Å². The molecule has 2 fully saturated rings. The predicted molar refractivity (Wildman–Crippen MR) is 70.3 cm³/mol. The van der Waals surface area contributed by atoms with Crippen LogP contribution in [-0.2, 0) is 4.79 Å². The summed E-state index contributed by atoms with van der Waals surface area (Å²) < 4.78 is 13.6. The number of aromatic nitrogens is 1. The molecule has 5 heteroatoms. The Kier molecular flexibility index (Phi) is 3.36. The quantitative estimate of drug-likeness (QED) is 0.903. The number of nitrogens with one attached hydrogen (secondary N) is 1. The van der Waals surface area contributed by atoms with Crippen LogP contribution in [0, 0.1) is 11.7 Å². The van der Waals surface area contributed by atoms with Crippen molar-refractivity contribution in [2.45, 2.75) is 31.7 Å². The van der Waals surface area contributed by atoms with Crippen LogP contribution in [0.1, 0.15) is 25.7 Å². The van der Waals surface area contributed by atoms with Gasteiger partial charge >= 0.3 is 0 Å². The first-order chi connectivity index (χ1) is 9.24. The van der Waals surface area contributed by atoms with Crippen LogP contribution < -0.4 is 10.2 Å². The Morgan fingerprint density at radius 2 is 2.05 bits per heavy atom. The summed E-state index contributed by atoms with van der Waals surface area (Å²) in [6.45, 7) is 1.48. The minimum atomic E-state index is -0.275. The molecule has 4 nitrogen and oxygen atoms in total. The lowest BCUT2D eigenvalue weighted by Crippen LogP contribution is -2.45. The van der Waals surface area contributed by atoms with Crippen LogP contribution in [0.5, 0.6) is 0 Å². The van der Waals surface area contributed by atoms with Crippen molar-refractivity contribution < 1.29 is 9.18 Å². The zero-order valence-electron chi connectivity index (χ0n) is 10.8. The van der Waals surface area contributed by atoms with Gasteiger partial charge in [0, 0.05) is 31.2 Å². The maximum Gasteiger partial charge on any atom is 0.223 e. The van der Waals surface area contributed by atoms with Gasteiger partial charge in [-0.05, 0) is 37.8 Å². The molecule has 3 rings (SSSR count). The van der Waals surface area contributed by atoms with Crippen molar-refractivity contribution in [2.24, 2.45) is 5.92 Å². The fourth-order valence-corrected chi connectivity index (χ4v) is 2.51. The average Bonchev–Trinajstić information content (AvgIpc) is 3.25. The molecule has 1 aliphatic heterocycles. The van der Waals surface area contributed by atoms with Crippen LogP contribution in [0.4, 0.5) is 10.2 Å². The molecule has 0 spiro atoms. The SMILES string of the molecule is O=C(NC1CCN(c2ncccc2F)CC1)C1CC1. The molecule has 0 radical (unpaired) electrons. The largest absolute Gasteiger partial charge is 0.354 e. The number of amides is 1. The number of hydrogen-bond donors (Lipinski definition) is 1. The van der Waals surface area contributed by atoms with E-state index in [1.165, 1.54) is 6.07 Å². The monoisotopic (exact) mass is 263 g/mol. The molecule has 2 aliphatic rings. The average molecular weight is 263 g/mol. The summed E-state index contributed by atoms with van der Waals surface area (Å²) in [5, 5.41) is 3.09. The second-order valence-corrected chi connectivity index (χ2v) is 5.35. The fourth-order valence-electron chi connectivity index (χ4n) is 2.51. The van der Waals surface area contributed by atoms with Gasteiger partial charge in [0.05, 0.1) is 0 Å². The number of carbonyl (C=O) groups excluding carboxylic acids is 1. The third-order valence-electron chi connectivity index (χ3n) is 3.83. The molecule has 1 aromatic heterocycles. The van der Waals surface area contributed by atoms with Crippen molar-refractivity contribution >= 4 is 11.7 Å². The molecule has 19 heavy (non-hydrogen) atoms. The van der Waals surface area contributed by atoms with Crippen LogP contribution in [0.25, 0.3) is 0 Å². The van der Waals surface area contributed by atoms with E-state index in [1.54, 1.807) is 12.3 Å². The smallest absolute Gasteiger partial charge is 0.223 e. The van der Waals surface area contributed by atoms with E-state index in [1.807, 2.05) is 4.90 Å². The molecular formula is C14H18FN3O. The molecule has 0 bridgehead atoms. The van der Waals surface area contributed by atoms with Gasteiger partial charge in [0.1, 0.15) is 0 Å². The zero-order valence-corrected chi connectivity index (χ0v) is 10.8. The summed E-state index contributed by atoms with van der Waals surface area (Å²) in [7, 11) is 0. The zero-order chi connectivity index (χ0) is 13.2. The van der Waals surface area contributed by atoms with Crippen molar-refractivity contribution in [3.05, 3.63) is 24.1 Å². The second-order valence-electron chi connectivity index (χ2n) is 5.35. The first-order valence-corrected chi connectivity index (χ1v) is 6.90. The highest BCUT2D eigenvalue weighted by atomic mass is 19.1. The molecule has 1 saturated heterocycles. The van der Waals surface area contributed by atoms with Crippen LogP contribution in [0.2, 0.25) is 0 Å². The maximum atomic E-state index is 13.6. The number of nitrogens with zero attached hydrogens (tertiary/aromatic N) is 2. The lowest BCUT2D eigenvalue weighted by Gasteiger charge is -2.33. The number of rotatable bonds is 3. The third-order valence-corrected chi connectivity index (χ3v) is 3.83. The van der Waals surface area contributed by atoms with Gasteiger partial charge in [-0.3, -0.25) is 4.79 Å². The number of hydrogen-bond acceptors (Lipinski definition) is 3. The fraction of sp³-hybridized carbons (Fsp3) is 0.571. The van der Waals surface area contributed by atoms with Crippen molar-refractivity contribution in [3.8, 4) is 0 Å². The third kappa shape index (κ3) is 2.85. The van der Waals surface area contributed by atoms with E-state index >= 15 is 0 Å². The molecule has 1 aromatic rings. The Balaban J connectivity index is 1.54. The van der Waals surface area contributed by atoms with Gasteiger partial charge in [-0.2, -0.15) is 0 Å². The Morgan fingerprint density at radius 3 is 2.68 bits per heavy atom. The molecule has 2 heterocycles. The highest BCUT2D eigenvalue weighted by Crippen LogP contribution is 2.29. The van der Waals surface area contributed by atoms with E-state index in [9.17, 15) is 9.18 Å². The van der Waals surface area contributed by atoms with E-state index < -0.39 is 0 Å². The van der Waals surface area contributed by atoms with E-state index in [2.05, 4.69) is 10.3 Å². The van der Waals surface area contributed by atoms with E-state index in [-0.39, 0.29) is 23.7 Å². The molecule has 0 atom stereocenters. The molecule has 102 valence electrons. The first kappa shape index (κ1) is 12.4. The lowest BCUT2D eigenvalue weighted by molar-refractivity contribution is -0.123. The summed E-state index contributed by atoms with van der Waals surface area (Å²) in [6.07, 6.45) is 5.38. The minimum absolute atomic E-state index is 0.197. The Bertz CT molecular complexity index is 468. The Morgan fingerprint density at radius 1 is 1.32 bits per heavy atom. The van der Waals surface area contributed by atoms with E-state index in [0.717, 1.165) is 38.8 Å². The van der Waals surface area contributed by atoms with Gasteiger partial charge in [0.2, 0.25) is 5.91 Å². The highest BCUT2D eigenvalue weighted by molar-refractivity contribution is 5.81. The van der Waals surface area contributed by atoms with Gasteiger partial charge in [-0.25, -0.2) is 9.37 Å². The van der Waals surface area contributed by atoms with Crippen LogP contribution >= 0.6 is 0 Å². The number of carbonyl (C=O) groups is 1. The molecule has 0 unspecified atom stereocenters. The number of pyridine rings is 1. The molecule has 1 saturated carbocycles. The van der Waals surface area contributed by atoms with Gasteiger partial charge in [0.25, 0.3) is 0 Å². The van der Waals surface area contributed by atoms with Crippen molar-refractivity contribution in [1.29, 1.82) is 0 Å². The summed E-state index contributed by atoms with van der Waals surface area (Å²) in [6, 6.07) is 3.26. The lowest BCUT2D eigenvalue weighted by atomic mass is 10.0. The van der Waals surface area contributed by atoms with Crippen LogP contribution in [0.3, 0.4) is 0 Å². The van der Waals surface area contributed by atoms with E-state index in [4.69, 9.17) is 0 Å². The standard InChI is InChI=1S/C14H18FN3O/c15-12-2-1-7-16-13(12)18-8-5-11(6-9-18)17-14(19)10-3-4-10/h1-2,7,10-11H,3-6,8-9H2,(H,17,19). The number of anilines is 1. The van der Waals surface area contributed by atoms with Crippen molar-refractivity contribution in [3.63, 3.8) is 0 Å². The summed E-state index contributed by atoms with van der Waals surface area (Å²) in [5.41, 5.74) is 0. The predicted octanol–water partition coefficient (Wildman–Crippen LogP) is 1.72. The van der Waals surface area contributed by atoms with Crippen LogP contribution in [-0.4, -0.2) is 30.0 Å². The first-order valence-electron chi connectivity index (χ1n) is 6.90. The van der Waals surface area contributed by atoms with Gasteiger partial charge in [0.15, 0.2) is 11.6 Å². The minimum Gasteiger partial charge on any atom is -0.354 e. The second kappa shape index (κ2) is 5.15. The Hall–Kier alpha value is -1.65. The van der Waals surface area contributed by atoms with Gasteiger partial charge in [-0.1, -0.05) is 0 Å². The highest BCUT2D eigenvalue weighted by Gasteiger charge is 2.32. The molecule has 1 aliphatic carbocycles. The number of halogens is 1. The molecule has 1 N–H and O–H groups in total. The van der Waals surface area contributed by atoms with Gasteiger partial charge < -0.3 is 10.2 Å². The number of piperidine rings is 1. The normalized spacial score (nSPS) is 20.4. The van der Waals surface area contributed by atoms with Crippen LogP contribution in [0.15, 0.2) is 18.3 Å². The molecule has 0 aromatic carbocycles. The van der Waals surface area contributed by atoms with Gasteiger partial charge in [-0.15, -0.1) is 0 Å². The van der Waals surface area contributed by atoms with Crippen molar-refractivity contribution in [2.75, 3.05) is 18.0 Å². The van der Waals surface area contributed by atoms with E-state index in [0.29, 0.717) is 5.82 Å². The summed E-state index contributed by atoms with van der Waals surface area (Å²) in [4.78, 5) is 17.7. The summed E-state index contributed by atoms with van der Waals surface area (Å²) in [5.74, 6) is 0.603. The molecule has 1 amide bonds. The molecular weight excluding hydrogens is 245 g/mol.